The van der Waals surface area contributed by atoms with E-state index in [1.165, 1.54) is 4.90 Å². The van der Waals surface area contributed by atoms with E-state index in [2.05, 4.69) is 5.32 Å². The van der Waals surface area contributed by atoms with Crippen LogP contribution in [0.4, 0.5) is 5.69 Å². The van der Waals surface area contributed by atoms with Gasteiger partial charge in [-0.2, -0.15) is 0 Å². The fourth-order valence-electron chi connectivity index (χ4n) is 1.61. The minimum atomic E-state index is -0.947. The van der Waals surface area contributed by atoms with Gasteiger partial charge < -0.3 is 10.4 Å². The number of hydrogen-bond donors (Lipinski definition) is 2. The Hall–Kier alpha value is -1.88. The molecule has 0 saturated heterocycles. The van der Waals surface area contributed by atoms with Crippen molar-refractivity contribution in [3.63, 3.8) is 0 Å². The van der Waals surface area contributed by atoms with Crippen molar-refractivity contribution in [2.45, 2.75) is 13.8 Å². The third-order valence-electron chi connectivity index (χ3n) is 2.70. The lowest BCUT2D eigenvalue weighted by Crippen LogP contribution is -2.34. The van der Waals surface area contributed by atoms with Gasteiger partial charge in [0.05, 0.1) is 13.1 Å². The molecule has 1 amide bonds. The molecule has 0 bridgehead atoms. The number of nitrogens with zero attached hydrogens (tertiary/aromatic N) is 1. The average Bonchev–Trinajstić information content (AvgIpc) is 2.23. The number of aliphatic carboxylic acids is 1. The molecule has 0 saturated carbocycles. The van der Waals surface area contributed by atoms with E-state index in [1.807, 2.05) is 32.0 Å². The van der Waals surface area contributed by atoms with Gasteiger partial charge in [0, 0.05) is 5.69 Å². The van der Waals surface area contributed by atoms with E-state index in [0.717, 1.165) is 16.8 Å². The molecule has 0 aliphatic rings. The van der Waals surface area contributed by atoms with Crippen LogP contribution in [0.15, 0.2) is 18.2 Å². The Bertz CT molecular complexity index is 458. The summed E-state index contributed by atoms with van der Waals surface area (Å²) >= 11 is 0. The lowest BCUT2D eigenvalue weighted by molar-refractivity contribution is -0.138. The molecule has 0 aromatic heterocycles. The Morgan fingerprint density at radius 1 is 1.28 bits per heavy atom. The zero-order valence-electron chi connectivity index (χ0n) is 10.9. The summed E-state index contributed by atoms with van der Waals surface area (Å²) in [7, 11) is 1.59. The highest BCUT2D eigenvalue weighted by molar-refractivity contribution is 5.93. The van der Waals surface area contributed by atoms with Gasteiger partial charge in [0.25, 0.3) is 0 Å². The second-order valence-electron chi connectivity index (χ2n) is 4.36. The van der Waals surface area contributed by atoms with Crippen molar-refractivity contribution >= 4 is 17.6 Å². The van der Waals surface area contributed by atoms with Crippen molar-refractivity contribution in [1.82, 2.24) is 4.90 Å². The van der Waals surface area contributed by atoms with Gasteiger partial charge in [0.2, 0.25) is 5.91 Å². The van der Waals surface area contributed by atoms with Crippen molar-refractivity contribution in [2.24, 2.45) is 0 Å². The van der Waals surface area contributed by atoms with Gasteiger partial charge in [-0.1, -0.05) is 12.1 Å². The number of carbonyl (C=O) groups is 2. The lowest BCUT2D eigenvalue weighted by Gasteiger charge is -2.15. The smallest absolute Gasteiger partial charge is 0.317 e. The van der Waals surface area contributed by atoms with E-state index in [1.54, 1.807) is 7.05 Å². The van der Waals surface area contributed by atoms with Crippen molar-refractivity contribution < 1.29 is 14.7 Å². The Morgan fingerprint density at radius 2 is 1.94 bits per heavy atom. The van der Waals surface area contributed by atoms with Crippen molar-refractivity contribution in [2.75, 3.05) is 25.5 Å². The second kappa shape index (κ2) is 6.16. The minimum absolute atomic E-state index is 0.0552. The molecular weight excluding hydrogens is 232 g/mol. The van der Waals surface area contributed by atoms with Gasteiger partial charge in [0.1, 0.15) is 0 Å². The van der Waals surface area contributed by atoms with E-state index < -0.39 is 5.97 Å². The molecule has 0 spiro atoms. The van der Waals surface area contributed by atoms with Crippen LogP contribution in [-0.4, -0.2) is 42.0 Å². The number of rotatable bonds is 5. The van der Waals surface area contributed by atoms with Gasteiger partial charge in [-0.15, -0.1) is 0 Å². The third kappa shape index (κ3) is 4.18. The van der Waals surface area contributed by atoms with Crippen LogP contribution in [0.5, 0.6) is 0 Å². The number of nitrogens with one attached hydrogen (secondary N) is 1. The highest BCUT2D eigenvalue weighted by Gasteiger charge is 2.10. The molecule has 0 atom stereocenters. The zero-order chi connectivity index (χ0) is 13.7. The van der Waals surface area contributed by atoms with E-state index in [9.17, 15) is 9.59 Å². The predicted molar refractivity (Wildman–Crippen MR) is 69.7 cm³/mol. The third-order valence-corrected chi connectivity index (χ3v) is 2.70. The number of benzene rings is 1. The molecule has 0 aliphatic carbocycles. The summed E-state index contributed by atoms with van der Waals surface area (Å²) in [6, 6.07) is 5.68. The number of carboxylic acids is 1. The van der Waals surface area contributed by atoms with Crippen LogP contribution in [-0.2, 0) is 9.59 Å². The van der Waals surface area contributed by atoms with Crippen LogP contribution in [0.2, 0.25) is 0 Å². The quantitative estimate of drug-likeness (QED) is 0.825. The molecule has 0 fully saturated rings. The molecule has 0 aliphatic heterocycles. The first-order chi connectivity index (χ1) is 8.40. The van der Waals surface area contributed by atoms with Crippen LogP contribution in [0, 0.1) is 13.8 Å². The second-order valence-corrected chi connectivity index (χ2v) is 4.36. The molecular formula is C13H18N2O3. The summed E-state index contributed by atoms with van der Waals surface area (Å²) < 4.78 is 0. The van der Waals surface area contributed by atoms with Crippen LogP contribution >= 0.6 is 0 Å². The van der Waals surface area contributed by atoms with Gasteiger partial charge >= 0.3 is 5.97 Å². The number of likely N-dealkylation sites (N-methyl/N-ethyl adjacent to an activating group) is 1. The first-order valence-corrected chi connectivity index (χ1v) is 5.66. The Morgan fingerprint density at radius 3 is 2.56 bits per heavy atom. The SMILES string of the molecule is Cc1cccc(NC(=O)CN(C)CC(=O)O)c1C. The molecule has 98 valence electrons. The molecule has 1 rings (SSSR count). The molecule has 1 aromatic carbocycles. The highest BCUT2D eigenvalue weighted by Crippen LogP contribution is 2.17. The fraction of sp³-hybridized carbons (Fsp3) is 0.385. The van der Waals surface area contributed by atoms with E-state index in [0.29, 0.717) is 0 Å². The Balaban J connectivity index is 2.59. The Labute approximate surface area is 106 Å². The van der Waals surface area contributed by atoms with Gasteiger partial charge in [-0.05, 0) is 38.1 Å². The summed E-state index contributed by atoms with van der Waals surface area (Å²) in [6.07, 6.45) is 0. The maximum atomic E-state index is 11.7. The topological polar surface area (TPSA) is 69.6 Å². The predicted octanol–water partition coefficient (Wildman–Crippen LogP) is 1.26. The summed E-state index contributed by atoms with van der Waals surface area (Å²) in [5.41, 5.74) is 2.89. The Kier molecular flexibility index (Phi) is 4.85. The van der Waals surface area contributed by atoms with Gasteiger partial charge in [-0.3, -0.25) is 14.5 Å². The zero-order valence-corrected chi connectivity index (χ0v) is 10.9. The number of anilines is 1. The average molecular weight is 250 g/mol. The van der Waals surface area contributed by atoms with Crippen molar-refractivity contribution in [1.29, 1.82) is 0 Å². The number of hydrogen-bond acceptors (Lipinski definition) is 3. The van der Waals surface area contributed by atoms with E-state index in [4.69, 9.17) is 5.11 Å². The molecule has 1 aromatic rings. The van der Waals surface area contributed by atoms with Crippen molar-refractivity contribution in [3.8, 4) is 0 Å². The number of aryl methyl sites for hydroxylation is 1. The van der Waals surface area contributed by atoms with Crippen LogP contribution in [0.1, 0.15) is 11.1 Å². The summed E-state index contributed by atoms with van der Waals surface area (Å²) in [5, 5.41) is 11.4. The molecule has 2 N–H and O–H groups in total. The molecule has 5 nitrogen and oxygen atoms in total. The lowest BCUT2D eigenvalue weighted by atomic mass is 10.1. The largest absolute Gasteiger partial charge is 0.480 e. The standard InChI is InChI=1S/C13H18N2O3/c1-9-5-4-6-11(10(9)2)14-12(16)7-15(3)8-13(17)18/h4-6H,7-8H2,1-3H3,(H,14,16)(H,17,18). The first-order valence-electron chi connectivity index (χ1n) is 5.66. The van der Waals surface area contributed by atoms with E-state index in [-0.39, 0.29) is 19.0 Å². The van der Waals surface area contributed by atoms with Gasteiger partial charge in [-0.25, -0.2) is 0 Å². The first kappa shape index (κ1) is 14.2. The number of carboxylic acid groups (broad SMARTS) is 1. The minimum Gasteiger partial charge on any atom is -0.480 e. The van der Waals surface area contributed by atoms with Crippen molar-refractivity contribution in [3.05, 3.63) is 29.3 Å². The van der Waals surface area contributed by atoms with Crippen LogP contribution in [0.25, 0.3) is 0 Å². The summed E-state index contributed by atoms with van der Waals surface area (Å²) in [6.45, 7) is 3.81. The molecule has 0 unspecified atom stereocenters. The number of amides is 1. The molecule has 0 heterocycles. The summed E-state index contributed by atoms with van der Waals surface area (Å²) in [4.78, 5) is 23.6. The monoisotopic (exact) mass is 250 g/mol. The van der Waals surface area contributed by atoms with Crippen LogP contribution < -0.4 is 5.32 Å². The van der Waals surface area contributed by atoms with Gasteiger partial charge in [0.15, 0.2) is 0 Å². The maximum absolute atomic E-state index is 11.7. The molecule has 18 heavy (non-hydrogen) atoms. The summed E-state index contributed by atoms with van der Waals surface area (Å²) in [5.74, 6) is -1.16. The highest BCUT2D eigenvalue weighted by atomic mass is 16.4. The molecule has 0 radical (unpaired) electrons. The number of carbonyl (C=O) groups excluding carboxylic acids is 1. The van der Waals surface area contributed by atoms with E-state index >= 15 is 0 Å². The maximum Gasteiger partial charge on any atom is 0.317 e. The fourth-order valence-corrected chi connectivity index (χ4v) is 1.61. The molecule has 5 heteroatoms. The normalized spacial score (nSPS) is 10.4. The van der Waals surface area contributed by atoms with Crippen LogP contribution in [0.3, 0.4) is 0 Å².